The summed E-state index contributed by atoms with van der Waals surface area (Å²) in [5.74, 6) is -0.143. The summed E-state index contributed by atoms with van der Waals surface area (Å²) in [7, 11) is 0. The standard InChI is InChI=1S/C19H24N6O/c1-5-25-13(4)17(12(3)23-25)11(2)22-19(26)14-8-16-18(20-9-14)24(10-21-16)15-6-7-15/h8-11,15H,5-7H2,1-4H3,(H,22,26). The quantitative estimate of drug-likeness (QED) is 0.765. The van der Waals surface area contributed by atoms with E-state index in [1.54, 1.807) is 6.20 Å². The van der Waals surface area contributed by atoms with E-state index in [0.29, 0.717) is 11.6 Å². The molecule has 1 amide bonds. The molecule has 7 heteroatoms. The Kier molecular flexibility index (Phi) is 4.01. The zero-order valence-corrected chi connectivity index (χ0v) is 15.7. The van der Waals surface area contributed by atoms with Crippen LogP contribution in [-0.2, 0) is 6.54 Å². The van der Waals surface area contributed by atoms with Gasteiger partial charge in [0.2, 0.25) is 0 Å². The van der Waals surface area contributed by atoms with E-state index in [1.165, 1.54) is 12.8 Å². The topological polar surface area (TPSA) is 77.6 Å². The molecule has 3 aromatic rings. The van der Waals surface area contributed by atoms with Crippen molar-refractivity contribution in [2.24, 2.45) is 0 Å². The van der Waals surface area contributed by atoms with E-state index >= 15 is 0 Å². The summed E-state index contributed by atoms with van der Waals surface area (Å²) in [6.07, 6.45) is 5.82. The van der Waals surface area contributed by atoms with Crippen molar-refractivity contribution in [1.29, 1.82) is 0 Å². The SMILES string of the molecule is CCn1nc(C)c(C(C)NC(=O)c2cnc3c(c2)ncn3C2CC2)c1C. The monoisotopic (exact) mass is 352 g/mol. The predicted octanol–water partition coefficient (Wildman–Crippen LogP) is 3.09. The summed E-state index contributed by atoms with van der Waals surface area (Å²) in [6.45, 7) is 8.89. The number of imidazole rings is 1. The van der Waals surface area contributed by atoms with Crippen LogP contribution in [0.3, 0.4) is 0 Å². The van der Waals surface area contributed by atoms with E-state index in [2.05, 4.69) is 31.9 Å². The molecule has 3 aromatic heterocycles. The maximum atomic E-state index is 12.7. The summed E-state index contributed by atoms with van der Waals surface area (Å²) in [4.78, 5) is 21.6. The van der Waals surface area contributed by atoms with E-state index in [1.807, 2.05) is 37.8 Å². The lowest BCUT2D eigenvalue weighted by Crippen LogP contribution is -2.27. The van der Waals surface area contributed by atoms with Gasteiger partial charge in [-0.1, -0.05) is 0 Å². The molecule has 4 rings (SSSR count). The molecule has 0 radical (unpaired) electrons. The molecule has 1 aliphatic rings. The van der Waals surface area contributed by atoms with E-state index in [0.717, 1.165) is 34.7 Å². The third-order valence-corrected chi connectivity index (χ3v) is 5.13. The first kappa shape index (κ1) is 16.8. The molecular formula is C19H24N6O. The third-order valence-electron chi connectivity index (χ3n) is 5.13. The van der Waals surface area contributed by atoms with Crippen molar-refractivity contribution in [3.63, 3.8) is 0 Å². The number of carbonyl (C=O) groups excluding carboxylic acids is 1. The molecule has 1 atom stereocenters. The van der Waals surface area contributed by atoms with Crippen molar-refractivity contribution in [3.8, 4) is 0 Å². The van der Waals surface area contributed by atoms with Gasteiger partial charge in [-0.2, -0.15) is 5.10 Å². The fraction of sp³-hybridized carbons (Fsp3) is 0.474. The van der Waals surface area contributed by atoms with Gasteiger partial charge >= 0.3 is 0 Å². The summed E-state index contributed by atoms with van der Waals surface area (Å²) in [5, 5.41) is 7.61. The van der Waals surface area contributed by atoms with Gasteiger partial charge in [0.05, 0.1) is 23.6 Å². The summed E-state index contributed by atoms with van der Waals surface area (Å²) in [6, 6.07) is 2.22. The van der Waals surface area contributed by atoms with Gasteiger partial charge in [0.15, 0.2) is 5.65 Å². The number of aromatic nitrogens is 5. The van der Waals surface area contributed by atoms with Crippen molar-refractivity contribution in [3.05, 3.63) is 41.1 Å². The number of nitrogens with one attached hydrogen (secondary N) is 1. The van der Waals surface area contributed by atoms with Crippen LogP contribution in [0.1, 0.15) is 66.1 Å². The van der Waals surface area contributed by atoms with Crippen LogP contribution in [0.25, 0.3) is 11.2 Å². The fourth-order valence-corrected chi connectivity index (χ4v) is 3.66. The van der Waals surface area contributed by atoms with Gasteiger partial charge in [0.1, 0.15) is 5.52 Å². The number of rotatable bonds is 5. The lowest BCUT2D eigenvalue weighted by Gasteiger charge is -2.15. The van der Waals surface area contributed by atoms with E-state index in [-0.39, 0.29) is 11.9 Å². The Morgan fingerprint density at radius 2 is 2.12 bits per heavy atom. The van der Waals surface area contributed by atoms with Crippen LogP contribution in [-0.4, -0.2) is 30.2 Å². The molecule has 0 aromatic carbocycles. The predicted molar refractivity (Wildman–Crippen MR) is 99.1 cm³/mol. The molecule has 1 fully saturated rings. The number of nitrogens with zero attached hydrogens (tertiary/aromatic N) is 5. The molecule has 26 heavy (non-hydrogen) atoms. The number of amides is 1. The second-order valence-corrected chi connectivity index (χ2v) is 7.05. The highest BCUT2D eigenvalue weighted by Crippen LogP contribution is 2.36. The van der Waals surface area contributed by atoms with Gasteiger partial charge < -0.3 is 9.88 Å². The van der Waals surface area contributed by atoms with Gasteiger partial charge in [-0.25, -0.2) is 9.97 Å². The van der Waals surface area contributed by atoms with Gasteiger partial charge in [-0.3, -0.25) is 9.48 Å². The number of hydrogen-bond donors (Lipinski definition) is 1. The van der Waals surface area contributed by atoms with Crippen LogP contribution < -0.4 is 5.32 Å². The minimum atomic E-state index is -0.143. The van der Waals surface area contributed by atoms with Crippen LogP contribution in [0.4, 0.5) is 0 Å². The van der Waals surface area contributed by atoms with Gasteiger partial charge in [0.25, 0.3) is 5.91 Å². The van der Waals surface area contributed by atoms with Crippen molar-refractivity contribution < 1.29 is 4.79 Å². The normalized spacial score (nSPS) is 15.4. The molecule has 7 nitrogen and oxygen atoms in total. The van der Waals surface area contributed by atoms with Crippen LogP contribution in [0.5, 0.6) is 0 Å². The largest absolute Gasteiger partial charge is 0.345 e. The molecule has 136 valence electrons. The van der Waals surface area contributed by atoms with Crippen LogP contribution in [0.2, 0.25) is 0 Å². The maximum absolute atomic E-state index is 12.7. The highest BCUT2D eigenvalue weighted by Gasteiger charge is 2.26. The Balaban J connectivity index is 1.56. The molecule has 0 spiro atoms. The maximum Gasteiger partial charge on any atom is 0.253 e. The first-order valence-electron chi connectivity index (χ1n) is 9.17. The average Bonchev–Trinajstić information content (AvgIpc) is 3.30. The Morgan fingerprint density at radius 1 is 1.35 bits per heavy atom. The van der Waals surface area contributed by atoms with Gasteiger partial charge in [-0.05, 0) is 46.6 Å². The minimum absolute atomic E-state index is 0.123. The zero-order chi connectivity index (χ0) is 18.4. The van der Waals surface area contributed by atoms with Crippen molar-refractivity contribution in [2.75, 3.05) is 0 Å². The van der Waals surface area contributed by atoms with Gasteiger partial charge in [-0.15, -0.1) is 0 Å². The number of carbonyl (C=O) groups is 1. The molecule has 0 saturated heterocycles. The Morgan fingerprint density at radius 3 is 2.77 bits per heavy atom. The molecule has 1 N–H and O–H groups in total. The van der Waals surface area contributed by atoms with Crippen molar-refractivity contribution >= 4 is 17.1 Å². The zero-order valence-electron chi connectivity index (χ0n) is 15.7. The second-order valence-electron chi connectivity index (χ2n) is 7.05. The molecule has 1 aliphatic carbocycles. The number of hydrogen-bond acceptors (Lipinski definition) is 4. The lowest BCUT2D eigenvalue weighted by atomic mass is 10.1. The highest BCUT2D eigenvalue weighted by molar-refractivity contribution is 5.96. The molecule has 1 saturated carbocycles. The summed E-state index contributed by atoms with van der Waals surface area (Å²) < 4.78 is 4.07. The Bertz CT molecular complexity index is 981. The number of pyridine rings is 1. The Labute approximate surface area is 152 Å². The van der Waals surface area contributed by atoms with Crippen molar-refractivity contribution in [2.45, 2.75) is 59.2 Å². The molecular weight excluding hydrogens is 328 g/mol. The molecule has 0 bridgehead atoms. The van der Waals surface area contributed by atoms with Crippen molar-refractivity contribution in [1.82, 2.24) is 29.6 Å². The third kappa shape index (κ3) is 2.77. The first-order valence-corrected chi connectivity index (χ1v) is 9.17. The van der Waals surface area contributed by atoms with Crippen LogP contribution in [0, 0.1) is 13.8 Å². The van der Waals surface area contributed by atoms with Crippen LogP contribution in [0.15, 0.2) is 18.6 Å². The molecule has 3 heterocycles. The second kappa shape index (κ2) is 6.23. The lowest BCUT2D eigenvalue weighted by molar-refractivity contribution is 0.0939. The molecule has 1 unspecified atom stereocenters. The van der Waals surface area contributed by atoms with E-state index in [9.17, 15) is 4.79 Å². The van der Waals surface area contributed by atoms with Gasteiger partial charge in [0, 0.05) is 30.0 Å². The highest BCUT2D eigenvalue weighted by atomic mass is 16.1. The number of aryl methyl sites for hydroxylation is 2. The smallest absolute Gasteiger partial charge is 0.253 e. The average molecular weight is 352 g/mol. The Hall–Kier alpha value is -2.70. The minimum Gasteiger partial charge on any atom is -0.345 e. The van der Waals surface area contributed by atoms with E-state index < -0.39 is 0 Å². The summed E-state index contributed by atoms with van der Waals surface area (Å²) in [5.41, 5.74) is 5.27. The first-order chi connectivity index (χ1) is 12.5. The number of fused-ring (bicyclic) bond motifs is 1. The fourth-order valence-electron chi connectivity index (χ4n) is 3.66. The molecule has 0 aliphatic heterocycles. The summed E-state index contributed by atoms with van der Waals surface area (Å²) >= 11 is 0. The van der Waals surface area contributed by atoms with E-state index in [4.69, 9.17) is 0 Å². The van der Waals surface area contributed by atoms with Crippen LogP contribution >= 0.6 is 0 Å².